The zero-order valence-electron chi connectivity index (χ0n) is 16.3. The molecule has 0 bridgehead atoms. The maximum absolute atomic E-state index is 12.8. The van der Waals surface area contributed by atoms with Crippen LogP contribution in [-0.4, -0.2) is 38.4 Å². The van der Waals surface area contributed by atoms with E-state index >= 15 is 0 Å². The van der Waals surface area contributed by atoms with E-state index in [1.165, 1.54) is 0 Å². The number of carbonyl (C=O) groups is 1. The molecule has 1 aromatic carbocycles. The van der Waals surface area contributed by atoms with Gasteiger partial charge >= 0.3 is 6.03 Å². The Hall–Kier alpha value is -3.02. The van der Waals surface area contributed by atoms with Crippen molar-refractivity contribution in [3.05, 3.63) is 66.7 Å². The fourth-order valence-electron chi connectivity index (χ4n) is 3.90. The highest BCUT2D eigenvalue weighted by atomic mass is 16.2. The average Bonchev–Trinajstić information content (AvgIpc) is 3.42. The van der Waals surface area contributed by atoms with Gasteiger partial charge in [0, 0.05) is 55.8 Å². The summed E-state index contributed by atoms with van der Waals surface area (Å²) in [7, 11) is 0. The van der Waals surface area contributed by atoms with E-state index in [9.17, 15) is 4.79 Å². The lowest BCUT2D eigenvalue weighted by molar-refractivity contribution is 0.177. The number of hydrogen-bond donors (Lipinski definition) is 1. The van der Waals surface area contributed by atoms with E-state index in [0.717, 1.165) is 55.8 Å². The second-order valence-electron chi connectivity index (χ2n) is 7.46. The van der Waals surface area contributed by atoms with Crippen LogP contribution in [0, 0.1) is 12.8 Å². The number of piperidine rings is 1. The fraction of sp³-hybridized carbons (Fsp3) is 0.364. The van der Waals surface area contributed by atoms with Gasteiger partial charge in [0.2, 0.25) is 0 Å². The Labute approximate surface area is 165 Å². The quantitative estimate of drug-likeness (QED) is 0.720. The number of carbonyl (C=O) groups excluding carboxylic acids is 1. The summed E-state index contributed by atoms with van der Waals surface area (Å²) in [6, 6.07) is 12.0. The summed E-state index contributed by atoms with van der Waals surface area (Å²) in [4.78, 5) is 14.7. The molecule has 1 saturated heterocycles. The molecule has 6 nitrogen and oxygen atoms in total. The van der Waals surface area contributed by atoms with Crippen molar-refractivity contribution < 1.29 is 4.79 Å². The molecule has 1 aliphatic heterocycles. The molecule has 28 heavy (non-hydrogen) atoms. The number of nitrogens with zero attached hydrogens (tertiary/aromatic N) is 4. The van der Waals surface area contributed by atoms with Gasteiger partial charge in [-0.25, -0.2) is 4.79 Å². The van der Waals surface area contributed by atoms with Gasteiger partial charge in [0.1, 0.15) is 0 Å². The monoisotopic (exact) mass is 377 g/mol. The number of aromatic nitrogens is 3. The molecular formula is C22H27N5O. The summed E-state index contributed by atoms with van der Waals surface area (Å²) in [6.45, 7) is 4.62. The van der Waals surface area contributed by atoms with E-state index in [0.29, 0.717) is 5.92 Å². The van der Waals surface area contributed by atoms with Crippen LogP contribution in [0.15, 0.2) is 61.2 Å². The van der Waals surface area contributed by atoms with Gasteiger partial charge in [0.05, 0.1) is 0 Å². The van der Waals surface area contributed by atoms with Crippen molar-refractivity contribution in [1.82, 2.24) is 19.2 Å². The largest absolute Gasteiger partial charge is 0.325 e. The number of nitrogens with one attached hydrogen (secondary N) is 1. The highest BCUT2D eigenvalue weighted by Gasteiger charge is 2.23. The number of anilines is 1. The van der Waals surface area contributed by atoms with Crippen molar-refractivity contribution in [3.8, 4) is 5.69 Å². The molecule has 0 aliphatic carbocycles. The maximum Gasteiger partial charge on any atom is 0.321 e. The Bertz CT molecular complexity index is 893. The third-order valence-corrected chi connectivity index (χ3v) is 5.66. The molecule has 146 valence electrons. The van der Waals surface area contributed by atoms with Crippen LogP contribution in [0.4, 0.5) is 10.5 Å². The summed E-state index contributed by atoms with van der Waals surface area (Å²) >= 11 is 0. The van der Waals surface area contributed by atoms with Crippen LogP contribution in [-0.2, 0) is 6.54 Å². The molecule has 0 atom stereocenters. The number of aryl methyl sites for hydroxylation is 1. The molecule has 0 saturated carbocycles. The summed E-state index contributed by atoms with van der Waals surface area (Å²) in [6.07, 6.45) is 11.1. The van der Waals surface area contributed by atoms with Gasteiger partial charge in [0.25, 0.3) is 0 Å². The predicted octanol–water partition coefficient (Wildman–Crippen LogP) is 4.32. The number of hydrogen-bond acceptors (Lipinski definition) is 2. The second-order valence-corrected chi connectivity index (χ2v) is 7.46. The SMILES string of the molecule is Cc1c(NC(=O)N2CCC(CCn3cccn3)CC2)cccc1-n1cccc1. The molecule has 3 heterocycles. The summed E-state index contributed by atoms with van der Waals surface area (Å²) < 4.78 is 4.05. The van der Waals surface area contributed by atoms with Crippen molar-refractivity contribution in [2.75, 3.05) is 18.4 Å². The van der Waals surface area contributed by atoms with E-state index in [1.54, 1.807) is 0 Å². The Morgan fingerprint density at radius 3 is 2.61 bits per heavy atom. The fourth-order valence-corrected chi connectivity index (χ4v) is 3.90. The van der Waals surface area contributed by atoms with E-state index in [4.69, 9.17) is 0 Å². The Morgan fingerprint density at radius 2 is 1.89 bits per heavy atom. The number of benzene rings is 1. The summed E-state index contributed by atoms with van der Waals surface area (Å²) in [5.41, 5.74) is 3.03. The van der Waals surface area contributed by atoms with E-state index < -0.39 is 0 Å². The lowest BCUT2D eigenvalue weighted by atomic mass is 9.94. The van der Waals surface area contributed by atoms with E-state index in [-0.39, 0.29) is 6.03 Å². The van der Waals surface area contributed by atoms with Crippen LogP contribution in [0.2, 0.25) is 0 Å². The third kappa shape index (κ3) is 4.11. The minimum absolute atomic E-state index is 0.00159. The normalized spacial score (nSPS) is 15.0. The predicted molar refractivity (Wildman–Crippen MR) is 111 cm³/mol. The molecule has 6 heteroatoms. The lowest BCUT2D eigenvalue weighted by Crippen LogP contribution is -2.41. The van der Waals surface area contributed by atoms with Gasteiger partial charge < -0.3 is 14.8 Å². The van der Waals surface area contributed by atoms with E-state index in [2.05, 4.69) is 21.0 Å². The van der Waals surface area contributed by atoms with Crippen molar-refractivity contribution in [3.63, 3.8) is 0 Å². The zero-order chi connectivity index (χ0) is 19.3. The number of amides is 2. The topological polar surface area (TPSA) is 55.1 Å². The molecule has 1 N–H and O–H groups in total. The van der Waals surface area contributed by atoms with Gasteiger partial charge in [-0.05, 0) is 68.0 Å². The number of likely N-dealkylation sites (tertiary alicyclic amines) is 1. The van der Waals surface area contributed by atoms with Crippen LogP contribution in [0.1, 0.15) is 24.8 Å². The molecule has 0 radical (unpaired) electrons. The Kier molecular flexibility index (Phi) is 5.46. The van der Waals surface area contributed by atoms with Gasteiger partial charge in [-0.3, -0.25) is 4.68 Å². The number of urea groups is 1. The Morgan fingerprint density at radius 1 is 1.11 bits per heavy atom. The Balaban J connectivity index is 1.32. The first kappa shape index (κ1) is 18.3. The van der Waals surface area contributed by atoms with Gasteiger partial charge in [-0.2, -0.15) is 5.10 Å². The number of rotatable bonds is 5. The lowest BCUT2D eigenvalue weighted by Gasteiger charge is -2.32. The smallest absolute Gasteiger partial charge is 0.321 e. The van der Waals surface area contributed by atoms with E-state index in [1.807, 2.05) is 71.6 Å². The highest BCUT2D eigenvalue weighted by Crippen LogP contribution is 2.25. The molecule has 0 spiro atoms. The molecule has 0 unspecified atom stereocenters. The summed E-state index contributed by atoms with van der Waals surface area (Å²) in [5.74, 6) is 0.659. The molecule has 4 rings (SSSR count). The highest BCUT2D eigenvalue weighted by molar-refractivity contribution is 5.90. The molecule has 2 aromatic heterocycles. The van der Waals surface area contributed by atoms with Gasteiger partial charge in [0.15, 0.2) is 0 Å². The molecule has 3 aromatic rings. The second kappa shape index (κ2) is 8.33. The standard InChI is InChI=1S/C22H27N5O/c1-18-20(6-4-7-21(18)25-12-2-3-13-25)24-22(28)26-15-8-19(9-16-26)10-17-27-14-5-11-23-27/h2-7,11-14,19H,8-10,15-17H2,1H3,(H,24,28). The molecule has 2 amide bonds. The van der Waals surface area contributed by atoms with Crippen LogP contribution >= 0.6 is 0 Å². The zero-order valence-corrected chi connectivity index (χ0v) is 16.3. The van der Waals surface area contributed by atoms with Gasteiger partial charge in [-0.15, -0.1) is 0 Å². The van der Waals surface area contributed by atoms with Crippen LogP contribution in [0.5, 0.6) is 0 Å². The van der Waals surface area contributed by atoms with Gasteiger partial charge in [-0.1, -0.05) is 6.07 Å². The molecular weight excluding hydrogens is 350 g/mol. The first-order valence-corrected chi connectivity index (χ1v) is 9.97. The first-order chi connectivity index (χ1) is 13.7. The maximum atomic E-state index is 12.8. The van der Waals surface area contributed by atoms with Crippen molar-refractivity contribution >= 4 is 11.7 Å². The van der Waals surface area contributed by atoms with Crippen molar-refractivity contribution in [2.24, 2.45) is 5.92 Å². The average molecular weight is 377 g/mol. The van der Waals surface area contributed by atoms with Crippen LogP contribution in [0.3, 0.4) is 0 Å². The van der Waals surface area contributed by atoms with Crippen LogP contribution in [0.25, 0.3) is 5.69 Å². The first-order valence-electron chi connectivity index (χ1n) is 9.97. The third-order valence-electron chi connectivity index (χ3n) is 5.66. The van der Waals surface area contributed by atoms with Crippen LogP contribution < -0.4 is 5.32 Å². The minimum Gasteiger partial charge on any atom is -0.325 e. The minimum atomic E-state index is -0.00159. The van der Waals surface area contributed by atoms with Crippen molar-refractivity contribution in [2.45, 2.75) is 32.7 Å². The van der Waals surface area contributed by atoms with Crippen molar-refractivity contribution in [1.29, 1.82) is 0 Å². The summed E-state index contributed by atoms with van der Waals surface area (Å²) in [5, 5.41) is 7.38. The molecule has 1 fully saturated rings. The molecule has 1 aliphatic rings.